The number of nitrogens with zero attached hydrogens (tertiary/aromatic N) is 2. The number of rotatable bonds is 9. The average molecular weight is 335 g/mol. The van der Waals surface area contributed by atoms with Crippen molar-refractivity contribution in [3.63, 3.8) is 0 Å². The summed E-state index contributed by atoms with van der Waals surface area (Å²) < 4.78 is 11.0. The molecule has 2 aromatic rings. The molecule has 6 nitrogen and oxygen atoms in total. The fourth-order valence-electron chi connectivity index (χ4n) is 1.88. The van der Waals surface area contributed by atoms with Gasteiger partial charge in [-0.3, -0.25) is 10.1 Å². The molecular weight excluding hydrogens is 314 g/mol. The van der Waals surface area contributed by atoms with Crippen molar-refractivity contribution < 1.29 is 14.3 Å². The van der Waals surface area contributed by atoms with Crippen LogP contribution >= 0.6 is 11.3 Å². The van der Waals surface area contributed by atoms with Crippen LogP contribution in [0.3, 0.4) is 0 Å². The van der Waals surface area contributed by atoms with E-state index in [1.807, 2.05) is 44.2 Å². The van der Waals surface area contributed by atoms with E-state index in [0.29, 0.717) is 36.9 Å². The van der Waals surface area contributed by atoms with E-state index >= 15 is 0 Å². The highest BCUT2D eigenvalue weighted by atomic mass is 32.1. The summed E-state index contributed by atoms with van der Waals surface area (Å²) in [4.78, 5) is 12.3. The Hall–Kier alpha value is -1.99. The fourth-order valence-corrected chi connectivity index (χ4v) is 2.60. The maximum absolute atomic E-state index is 12.3. The molecule has 1 aromatic carbocycles. The van der Waals surface area contributed by atoms with Gasteiger partial charge in [-0.15, -0.1) is 10.2 Å². The Bertz CT molecular complexity index is 604. The van der Waals surface area contributed by atoms with Gasteiger partial charge in [-0.2, -0.15) is 0 Å². The molecule has 1 N–H and O–H groups in total. The smallest absolute Gasteiger partial charge is 0.267 e. The second kappa shape index (κ2) is 9.22. The first-order valence-corrected chi connectivity index (χ1v) is 8.47. The predicted octanol–water partition coefficient (Wildman–Crippen LogP) is 2.91. The van der Waals surface area contributed by atoms with Crippen molar-refractivity contribution in [1.29, 1.82) is 0 Å². The number of anilines is 1. The second-order valence-corrected chi connectivity index (χ2v) is 5.83. The Kier molecular flexibility index (Phi) is 6.96. The van der Waals surface area contributed by atoms with E-state index in [0.717, 1.165) is 5.01 Å². The molecule has 0 saturated heterocycles. The normalized spacial score (nSPS) is 11.9. The van der Waals surface area contributed by atoms with Crippen LogP contribution in [-0.4, -0.2) is 35.4 Å². The van der Waals surface area contributed by atoms with Gasteiger partial charge in [0.1, 0.15) is 10.8 Å². The molecule has 1 heterocycles. The largest absolute Gasteiger partial charge is 0.481 e. The van der Waals surface area contributed by atoms with Crippen molar-refractivity contribution in [1.82, 2.24) is 10.2 Å². The summed E-state index contributed by atoms with van der Waals surface area (Å²) in [6, 6.07) is 9.29. The molecule has 0 saturated carbocycles. The van der Waals surface area contributed by atoms with Gasteiger partial charge in [-0.1, -0.05) is 36.5 Å². The number of amides is 1. The zero-order valence-corrected chi connectivity index (χ0v) is 14.1. The third kappa shape index (κ3) is 5.61. The summed E-state index contributed by atoms with van der Waals surface area (Å²) in [5.74, 6) is 0.452. The van der Waals surface area contributed by atoms with E-state index < -0.39 is 6.10 Å². The van der Waals surface area contributed by atoms with Crippen molar-refractivity contribution in [3.8, 4) is 5.75 Å². The van der Waals surface area contributed by atoms with Gasteiger partial charge in [0.25, 0.3) is 5.91 Å². The van der Waals surface area contributed by atoms with Gasteiger partial charge >= 0.3 is 0 Å². The molecule has 0 radical (unpaired) electrons. The van der Waals surface area contributed by atoms with Gasteiger partial charge in [0.2, 0.25) is 5.13 Å². The average Bonchev–Trinajstić information content (AvgIpc) is 3.01. The van der Waals surface area contributed by atoms with Crippen LogP contribution in [0.4, 0.5) is 5.13 Å². The van der Waals surface area contributed by atoms with E-state index in [2.05, 4.69) is 15.5 Å². The number of aromatic nitrogens is 2. The molecule has 1 atom stereocenters. The molecule has 7 heteroatoms. The summed E-state index contributed by atoms with van der Waals surface area (Å²) in [6.45, 7) is 5.13. The van der Waals surface area contributed by atoms with Crippen LogP contribution in [0.25, 0.3) is 0 Å². The lowest BCUT2D eigenvalue weighted by Gasteiger charge is -2.16. The maximum Gasteiger partial charge on any atom is 0.267 e. The SMILES string of the molecule is CCOCCc1nnc(NC(=O)[C@@H](CC)Oc2ccccc2)s1. The minimum absolute atomic E-state index is 0.219. The van der Waals surface area contributed by atoms with E-state index in [1.54, 1.807) is 0 Å². The van der Waals surface area contributed by atoms with E-state index in [9.17, 15) is 4.79 Å². The predicted molar refractivity (Wildman–Crippen MR) is 89.9 cm³/mol. The highest BCUT2D eigenvalue weighted by Crippen LogP contribution is 2.18. The van der Waals surface area contributed by atoms with Gasteiger partial charge in [-0.05, 0) is 25.5 Å². The van der Waals surface area contributed by atoms with Crippen molar-refractivity contribution in [2.45, 2.75) is 32.8 Å². The zero-order chi connectivity index (χ0) is 16.5. The quantitative estimate of drug-likeness (QED) is 0.713. The second-order valence-electron chi connectivity index (χ2n) is 4.76. The van der Waals surface area contributed by atoms with E-state index in [4.69, 9.17) is 9.47 Å². The van der Waals surface area contributed by atoms with E-state index in [-0.39, 0.29) is 5.91 Å². The summed E-state index contributed by atoms with van der Waals surface area (Å²) in [5, 5.41) is 12.1. The molecule has 0 aliphatic rings. The minimum Gasteiger partial charge on any atom is -0.481 e. The Morgan fingerprint density at radius 1 is 1.26 bits per heavy atom. The molecule has 0 bridgehead atoms. The summed E-state index contributed by atoms with van der Waals surface area (Å²) in [7, 11) is 0. The highest BCUT2D eigenvalue weighted by Gasteiger charge is 2.20. The number of hydrogen-bond donors (Lipinski definition) is 1. The van der Waals surface area contributed by atoms with Crippen molar-refractivity contribution in [2.24, 2.45) is 0 Å². The third-order valence-corrected chi connectivity index (χ3v) is 3.94. The number of carbonyl (C=O) groups excluding carboxylic acids is 1. The molecule has 0 unspecified atom stereocenters. The molecule has 124 valence electrons. The number of ether oxygens (including phenoxy) is 2. The first kappa shape index (κ1) is 17.4. The first-order chi connectivity index (χ1) is 11.2. The lowest BCUT2D eigenvalue weighted by Crippen LogP contribution is -2.32. The van der Waals surface area contributed by atoms with E-state index in [1.165, 1.54) is 11.3 Å². The Morgan fingerprint density at radius 3 is 2.74 bits per heavy atom. The lowest BCUT2D eigenvalue weighted by atomic mass is 10.2. The molecule has 1 aromatic heterocycles. The highest BCUT2D eigenvalue weighted by molar-refractivity contribution is 7.15. The number of hydrogen-bond acceptors (Lipinski definition) is 6. The van der Waals surface area contributed by atoms with Crippen molar-refractivity contribution >= 4 is 22.4 Å². The number of para-hydroxylation sites is 1. The zero-order valence-electron chi connectivity index (χ0n) is 13.3. The van der Waals surface area contributed by atoms with Crippen LogP contribution in [0.1, 0.15) is 25.3 Å². The van der Waals surface area contributed by atoms with Crippen LogP contribution in [0.5, 0.6) is 5.75 Å². The summed E-state index contributed by atoms with van der Waals surface area (Å²) in [5.41, 5.74) is 0. The Morgan fingerprint density at radius 2 is 2.04 bits per heavy atom. The lowest BCUT2D eigenvalue weighted by molar-refractivity contribution is -0.122. The molecule has 1 amide bonds. The maximum atomic E-state index is 12.3. The molecule has 0 aliphatic heterocycles. The Balaban J connectivity index is 1.89. The van der Waals surface area contributed by atoms with Crippen molar-refractivity contribution in [3.05, 3.63) is 35.3 Å². The van der Waals surface area contributed by atoms with Crippen LogP contribution in [0.15, 0.2) is 30.3 Å². The van der Waals surface area contributed by atoms with Gasteiger partial charge in [-0.25, -0.2) is 0 Å². The van der Waals surface area contributed by atoms with Gasteiger partial charge in [0, 0.05) is 13.0 Å². The number of carbonyl (C=O) groups is 1. The Labute approximate surface area is 139 Å². The fraction of sp³-hybridized carbons (Fsp3) is 0.438. The molecular formula is C16H21N3O3S. The topological polar surface area (TPSA) is 73.3 Å². The molecule has 23 heavy (non-hydrogen) atoms. The van der Waals surface area contributed by atoms with Crippen LogP contribution in [0.2, 0.25) is 0 Å². The van der Waals surface area contributed by atoms with Gasteiger partial charge < -0.3 is 9.47 Å². The monoisotopic (exact) mass is 335 g/mol. The first-order valence-electron chi connectivity index (χ1n) is 7.65. The van der Waals surface area contributed by atoms with Crippen LogP contribution in [-0.2, 0) is 16.0 Å². The van der Waals surface area contributed by atoms with Crippen LogP contribution < -0.4 is 10.1 Å². The van der Waals surface area contributed by atoms with Crippen LogP contribution in [0, 0.1) is 0 Å². The summed E-state index contributed by atoms with van der Waals surface area (Å²) in [6.07, 6.45) is 0.698. The number of benzene rings is 1. The van der Waals surface area contributed by atoms with Crippen molar-refractivity contribution in [2.75, 3.05) is 18.5 Å². The molecule has 2 rings (SSSR count). The summed E-state index contributed by atoms with van der Waals surface area (Å²) >= 11 is 1.36. The number of nitrogens with one attached hydrogen (secondary N) is 1. The van der Waals surface area contributed by atoms with Gasteiger partial charge in [0.05, 0.1) is 6.61 Å². The molecule has 0 spiro atoms. The third-order valence-electron chi connectivity index (χ3n) is 3.05. The molecule has 0 fully saturated rings. The molecule has 0 aliphatic carbocycles. The van der Waals surface area contributed by atoms with Gasteiger partial charge in [0.15, 0.2) is 6.10 Å². The minimum atomic E-state index is -0.562. The standard InChI is InChI=1S/C16H21N3O3S/c1-3-13(22-12-8-6-5-7-9-12)15(20)17-16-19-18-14(23-16)10-11-21-4-2/h5-9,13H,3-4,10-11H2,1-2H3,(H,17,19,20)/t13-/m1/s1.